The third-order valence-electron chi connectivity index (χ3n) is 4.04. The van der Waals surface area contributed by atoms with Crippen molar-refractivity contribution in [3.05, 3.63) is 18.6 Å². The molecule has 2 heterocycles. The van der Waals surface area contributed by atoms with Crippen LogP contribution in [0.2, 0.25) is 0 Å². The van der Waals surface area contributed by atoms with Crippen LogP contribution in [0.5, 0.6) is 0 Å². The molecule has 3 rings (SSSR count). The standard InChI is InChI=1S/C13H15N3O4/c17-11(18)9-1-3-13(4-2-9)8-16(12(19)20-13)10-7-14-5-6-15-10/h5-7,9H,1-4,8H2,(H,17,18). The van der Waals surface area contributed by atoms with Crippen LogP contribution in [-0.2, 0) is 9.53 Å². The fourth-order valence-corrected chi connectivity index (χ4v) is 2.88. The van der Waals surface area contributed by atoms with Crippen molar-refractivity contribution in [1.82, 2.24) is 9.97 Å². The van der Waals surface area contributed by atoms with Crippen LogP contribution >= 0.6 is 0 Å². The predicted octanol–water partition coefficient (Wildman–Crippen LogP) is 1.45. The number of aromatic nitrogens is 2. The van der Waals surface area contributed by atoms with Gasteiger partial charge in [0.1, 0.15) is 5.60 Å². The molecule has 7 nitrogen and oxygen atoms in total. The first kappa shape index (κ1) is 12.8. The number of ether oxygens (including phenoxy) is 1. The Morgan fingerprint density at radius 3 is 2.75 bits per heavy atom. The average Bonchev–Trinajstić information content (AvgIpc) is 2.77. The smallest absolute Gasteiger partial charge is 0.416 e. The highest BCUT2D eigenvalue weighted by Gasteiger charge is 2.48. The fourth-order valence-electron chi connectivity index (χ4n) is 2.88. The van der Waals surface area contributed by atoms with Gasteiger partial charge >= 0.3 is 12.1 Å². The Morgan fingerprint density at radius 1 is 1.40 bits per heavy atom. The zero-order valence-electron chi connectivity index (χ0n) is 10.9. The summed E-state index contributed by atoms with van der Waals surface area (Å²) in [5.41, 5.74) is -0.569. The van der Waals surface area contributed by atoms with Crippen LogP contribution in [0.4, 0.5) is 10.6 Å². The van der Waals surface area contributed by atoms with Crippen molar-refractivity contribution in [1.29, 1.82) is 0 Å². The summed E-state index contributed by atoms with van der Waals surface area (Å²) in [6, 6.07) is 0. The Labute approximate surface area is 115 Å². The molecule has 1 saturated heterocycles. The van der Waals surface area contributed by atoms with E-state index in [1.54, 1.807) is 6.20 Å². The van der Waals surface area contributed by atoms with E-state index >= 15 is 0 Å². The van der Waals surface area contributed by atoms with Crippen molar-refractivity contribution in [3.8, 4) is 0 Å². The quantitative estimate of drug-likeness (QED) is 0.879. The molecule has 0 radical (unpaired) electrons. The van der Waals surface area contributed by atoms with Crippen molar-refractivity contribution >= 4 is 17.9 Å². The first-order valence-electron chi connectivity index (χ1n) is 6.59. The number of carbonyl (C=O) groups excluding carboxylic acids is 1. The molecule has 1 N–H and O–H groups in total. The number of hydrogen-bond donors (Lipinski definition) is 1. The summed E-state index contributed by atoms with van der Waals surface area (Å²) in [7, 11) is 0. The van der Waals surface area contributed by atoms with Gasteiger partial charge in [-0.1, -0.05) is 0 Å². The molecule has 1 amide bonds. The van der Waals surface area contributed by atoms with Gasteiger partial charge in [-0.3, -0.25) is 14.7 Å². The van der Waals surface area contributed by atoms with Gasteiger partial charge < -0.3 is 9.84 Å². The summed E-state index contributed by atoms with van der Waals surface area (Å²) in [4.78, 5) is 32.5. The van der Waals surface area contributed by atoms with Gasteiger partial charge in [-0.05, 0) is 25.7 Å². The predicted molar refractivity (Wildman–Crippen MR) is 68.2 cm³/mol. The first-order valence-corrected chi connectivity index (χ1v) is 6.59. The van der Waals surface area contributed by atoms with Crippen LogP contribution in [0.1, 0.15) is 25.7 Å². The van der Waals surface area contributed by atoms with Crippen LogP contribution in [0.3, 0.4) is 0 Å². The van der Waals surface area contributed by atoms with Crippen LogP contribution in [0, 0.1) is 5.92 Å². The van der Waals surface area contributed by atoms with E-state index in [-0.39, 0.29) is 5.92 Å². The molecule has 1 saturated carbocycles. The number of amides is 1. The van der Waals surface area contributed by atoms with Gasteiger partial charge in [0, 0.05) is 12.4 Å². The van der Waals surface area contributed by atoms with E-state index in [0.29, 0.717) is 38.0 Å². The maximum absolute atomic E-state index is 12.0. The van der Waals surface area contributed by atoms with E-state index in [1.807, 2.05) is 0 Å². The Hall–Kier alpha value is -2.18. The van der Waals surface area contributed by atoms with Gasteiger partial charge in [-0.2, -0.15) is 0 Å². The number of carboxylic acid groups (broad SMARTS) is 1. The summed E-state index contributed by atoms with van der Waals surface area (Å²) in [5, 5.41) is 9.02. The van der Waals surface area contributed by atoms with Crippen molar-refractivity contribution in [2.45, 2.75) is 31.3 Å². The van der Waals surface area contributed by atoms with E-state index in [9.17, 15) is 9.59 Å². The maximum atomic E-state index is 12.0. The van der Waals surface area contributed by atoms with E-state index in [0.717, 1.165) is 0 Å². The van der Waals surface area contributed by atoms with Gasteiger partial charge in [0.15, 0.2) is 5.82 Å². The minimum atomic E-state index is -0.769. The van der Waals surface area contributed by atoms with Gasteiger partial charge in [-0.25, -0.2) is 9.78 Å². The number of anilines is 1. The summed E-state index contributed by atoms with van der Waals surface area (Å²) in [6.45, 7) is 0.414. The molecule has 2 aliphatic rings. The summed E-state index contributed by atoms with van der Waals surface area (Å²) in [6.07, 6.45) is 6.38. The van der Waals surface area contributed by atoms with Crippen LogP contribution < -0.4 is 4.90 Å². The van der Waals surface area contributed by atoms with Crippen molar-refractivity contribution in [3.63, 3.8) is 0 Å². The van der Waals surface area contributed by atoms with E-state index in [2.05, 4.69) is 9.97 Å². The monoisotopic (exact) mass is 277 g/mol. The molecule has 0 unspecified atom stereocenters. The lowest BCUT2D eigenvalue weighted by Gasteiger charge is -2.33. The Bertz CT molecular complexity index is 526. The highest BCUT2D eigenvalue weighted by atomic mass is 16.6. The van der Waals surface area contributed by atoms with Gasteiger partial charge in [0.2, 0.25) is 0 Å². The lowest BCUT2D eigenvalue weighted by molar-refractivity contribution is -0.144. The topological polar surface area (TPSA) is 92.6 Å². The number of rotatable bonds is 2. The lowest BCUT2D eigenvalue weighted by atomic mass is 9.79. The third-order valence-corrected chi connectivity index (χ3v) is 4.04. The molecule has 1 aliphatic heterocycles. The lowest BCUT2D eigenvalue weighted by Crippen LogP contribution is -2.40. The first-order chi connectivity index (χ1) is 9.60. The van der Waals surface area contributed by atoms with Gasteiger partial charge in [-0.15, -0.1) is 0 Å². The second-order valence-electron chi connectivity index (χ2n) is 5.31. The molecule has 7 heteroatoms. The summed E-state index contributed by atoms with van der Waals surface area (Å²) < 4.78 is 5.51. The Morgan fingerprint density at radius 2 is 2.15 bits per heavy atom. The van der Waals surface area contributed by atoms with E-state index < -0.39 is 17.7 Å². The van der Waals surface area contributed by atoms with Crippen molar-refractivity contribution < 1.29 is 19.4 Å². The van der Waals surface area contributed by atoms with Crippen LogP contribution in [-0.4, -0.2) is 39.3 Å². The van der Waals surface area contributed by atoms with Gasteiger partial charge in [0.05, 0.1) is 18.7 Å². The molecule has 106 valence electrons. The number of hydrogen-bond acceptors (Lipinski definition) is 5. The Balaban J connectivity index is 1.73. The molecule has 20 heavy (non-hydrogen) atoms. The normalized spacial score (nSPS) is 29.5. The van der Waals surface area contributed by atoms with Crippen molar-refractivity contribution in [2.75, 3.05) is 11.4 Å². The van der Waals surface area contributed by atoms with E-state index in [1.165, 1.54) is 17.3 Å². The molecule has 1 spiro atoms. The molecular formula is C13H15N3O4. The number of carbonyl (C=O) groups is 2. The summed E-state index contributed by atoms with van der Waals surface area (Å²) in [5.74, 6) is -0.630. The molecule has 1 aliphatic carbocycles. The van der Waals surface area contributed by atoms with Gasteiger partial charge in [0.25, 0.3) is 0 Å². The molecule has 1 aromatic heterocycles. The third kappa shape index (κ3) is 2.19. The molecule has 2 fully saturated rings. The maximum Gasteiger partial charge on any atom is 0.416 e. The Kier molecular flexibility index (Phi) is 3.04. The minimum absolute atomic E-state index is 0.329. The highest BCUT2D eigenvalue weighted by molar-refractivity contribution is 5.89. The van der Waals surface area contributed by atoms with Crippen LogP contribution in [0.15, 0.2) is 18.6 Å². The second-order valence-corrected chi connectivity index (χ2v) is 5.31. The number of carboxylic acids is 1. The average molecular weight is 277 g/mol. The summed E-state index contributed by atoms with van der Waals surface area (Å²) >= 11 is 0. The zero-order chi connectivity index (χ0) is 14.2. The van der Waals surface area contributed by atoms with Crippen LogP contribution in [0.25, 0.3) is 0 Å². The minimum Gasteiger partial charge on any atom is -0.481 e. The molecule has 0 atom stereocenters. The highest BCUT2D eigenvalue weighted by Crippen LogP contribution is 2.40. The number of nitrogens with zero attached hydrogens (tertiary/aromatic N) is 3. The largest absolute Gasteiger partial charge is 0.481 e. The molecule has 1 aromatic rings. The number of aliphatic carboxylic acids is 1. The molecule has 0 aromatic carbocycles. The fraction of sp³-hybridized carbons (Fsp3) is 0.538. The van der Waals surface area contributed by atoms with E-state index in [4.69, 9.17) is 9.84 Å². The zero-order valence-corrected chi connectivity index (χ0v) is 10.9. The second kappa shape index (κ2) is 4.73. The molecule has 0 bridgehead atoms. The SMILES string of the molecule is O=C(O)C1CCC2(CC1)CN(c1cnccn1)C(=O)O2. The molecular weight excluding hydrogens is 262 g/mol. The van der Waals surface area contributed by atoms with Crippen molar-refractivity contribution in [2.24, 2.45) is 5.92 Å².